The topological polar surface area (TPSA) is 21.3 Å². The van der Waals surface area contributed by atoms with Crippen LogP contribution in [-0.2, 0) is 11.8 Å². The van der Waals surface area contributed by atoms with Crippen molar-refractivity contribution >= 4 is 0 Å². The van der Waals surface area contributed by atoms with Crippen LogP contribution in [0, 0.1) is 0 Å². The molecule has 0 aliphatic carbocycles. The van der Waals surface area contributed by atoms with Gasteiger partial charge in [0.25, 0.3) is 0 Å². The normalized spacial score (nSPS) is 13.4. The maximum absolute atomic E-state index is 5.95. The highest BCUT2D eigenvalue weighted by molar-refractivity contribution is 5.41. The molecule has 0 saturated carbocycles. The zero-order valence-corrected chi connectivity index (χ0v) is 12.6. The Labute approximate surface area is 112 Å². The summed E-state index contributed by atoms with van der Waals surface area (Å²) in [6.07, 6.45) is 1.07. The van der Waals surface area contributed by atoms with E-state index in [-0.39, 0.29) is 5.41 Å². The van der Waals surface area contributed by atoms with Crippen LogP contribution in [0.4, 0.5) is 0 Å². The highest BCUT2D eigenvalue weighted by atomic mass is 16.5. The van der Waals surface area contributed by atoms with Gasteiger partial charge in [-0.3, -0.25) is 0 Å². The van der Waals surface area contributed by atoms with E-state index < -0.39 is 0 Å². The van der Waals surface area contributed by atoms with Crippen LogP contribution in [0.2, 0.25) is 0 Å². The summed E-state index contributed by atoms with van der Waals surface area (Å²) in [5, 5.41) is 3.19. The number of rotatable bonds is 5. The summed E-state index contributed by atoms with van der Waals surface area (Å²) in [5.74, 6) is 1.02. The lowest BCUT2D eigenvalue weighted by Crippen LogP contribution is -2.28. The quantitative estimate of drug-likeness (QED) is 0.862. The standard InChI is InChI=1S/C16H27NO/c1-7-13-8-9-15(18-11-12(2)17-6)14(10-13)16(3,4)5/h8-10,12,17H,7,11H2,1-6H3. The molecule has 1 atom stereocenters. The van der Waals surface area contributed by atoms with Crippen molar-refractivity contribution in [1.82, 2.24) is 5.32 Å². The number of nitrogens with one attached hydrogen (secondary N) is 1. The van der Waals surface area contributed by atoms with Crippen molar-refractivity contribution in [2.45, 2.75) is 52.5 Å². The summed E-state index contributed by atoms with van der Waals surface area (Å²) in [7, 11) is 1.96. The molecule has 0 fully saturated rings. The predicted molar refractivity (Wildman–Crippen MR) is 78.5 cm³/mol. The van der Waals surface area contributed by atoms with Gasteiger partial charge in [-0.15, -0.1) is 0 Å². The molecule has 0 spiro atoms. The van der Waals surface area contributed by atoms with E-state index >= 15 is 0 Å². The maximum atomic E-state index is 5.95. The highest BCUT2D eigenvalue weighted by Crippen LogP contribution is 2.32. The van der Waals surface area contributed by atoms with Gasteiger partial charge < -0.3 is 10.1 Å². The first kappa shape index (κ1) is 15.0. The third-order valence-corrected chi connectivity index (χ3v) is 3.24. The first-order chi connectivity index (χ1) is 8.38. The summed E-state index contributed by atoms with van der Waals surface area (Å²) in [5.41, 5.74) is 2.78. The molecule has 0 bridgehead atoms. The van der Waals surface area contributed by atoms with E-state index in [4.69, 9.17) is 4.74 Å². The first-order valence-electron chi connectivity index (χ1n) is 6.82. The molecular weight excluding hydrogens is 222 g/mol. The minimum absolute atomic E-state index is 0.114. The van der Waals surface area contributed by atoms with Gasteiger partial charge in [0.1, 0.15) is 12.4 Å². The summed E-state index contributed by atoms with van der Waals surface area (Å²) in [6.45, 7) is 11.7. The number of hydrogen-bond donors (Lipinski definition) is 1. The molecule has 18 heavy (non-hydrogen) atoms. The highest BCUT2D eigenvalue weighted by Gasteiger charge is 2.19. The molecule has 2 heteroatoms. The van der Waals surface area contributed by atoms with Crippen LogP contribution >= 0.6 is 0 Å². The summed E-state index contributed by atoms with van der Waals surface area (Å²) < 4.78 is 5.95. The lowest BCUT2D eigenvalue weighted by Gasteiger charge is -2.24. The minimum Gasteiger partial charge on any atom is -0.492 e. The Morgan fingerprint density at radius 3 is 2.44 bits per heavy atom. The van der Waals surface area contributed by atoms with Crippen molar-refractivity contribution in [3.05, 3.63) is 29.3 Å². The van der Waals surface area contributed by atoms with Crippen LogP contribution < -0.4 is 10.1 Å². The molecule has 0 radical (unpaired) electrons. The fourth-order valence-corrected chi connectivity index (χ4v) is 1.81. The van der Waals surface area contributed by atoms with E-state index in [1.165, 1.54) is 11.1 Å². The average Bonchev–Trinajstić information content (AvgIpc) is 2.34. The van der Waals surface area contributed by atoms with E-state index in [1.54, 1.807) is 0 Å². The van der Waals surface area contributed by atoms with Crippen molar-refractivity contribution in [2.24, 2.45) is 0 Å². The number of aryl methyl sites for hydroxylation is 1. The smallest absolute Gasteiger partial charge is 0.123 e. The molecule has 1 aromatic rings. The lowest BCUT2D eigenvalue weighted by molar-refractivity contribution is 0.273. The number of ether oxygens (including phenoxy) is 1. The van der Waals surface area contributed by atoms with Gasteiger partial charge in [-0.25, -0.2) is 0 Å². The van der Waals surface area contributed by atoms with Gasteiger partial charge in [0.05, 0.1) is 0 Å². The molecule has 102 valence electrons. The Kier molecular flexibility index (Phi) is 5.21. The van der Waals surface area contributed by atoms with Gasteiger partial charge in [0.2, 0.25) is 0 Å². The molecule has 2 nitrogen and oxygen atoms in total. The van der Waals surface area contributed by atoms with E-state index in [0.29, 0.717) is 12.6 Å². The Morgan fingerprint density at radius 2 is 1.94 bits per heavy atom. The molecule has 1 unspecified atom stereocenters. The Bertz CT molecular complexity index is 379. The van der Waals surface area contributed by atoms with Crippen LogP contribution in [-0.4, -0.2) is 19.7 Å². The first-order valence-corrected chi connectivity index (χ1v) is 6.82. The van der Waals surface area contributed by atoms with Crippen LogP contribution in [0.3, 0.4) is 0 Å². The van der Waals surface area contributed by atoms with Crippen molar-refractivity contribution in [3.63, 3.8) is 0 Å². The molecule has 1 N–H and O–H groups in total. The third kappa shape index (κ3) is 4.02. The number of hydrogen-bond acceptors (Lipinski definition) is 2. The molecular formula is C16H27NO. The molecule has 0 aliphatic rings. The van der Waals surface area contributed by atoms with Crippen molar-refractivity contribution in [2.75, 3.05) is 13.7 Å². The fourth-order valence-electron chi connectivity index (χ4n) is 1.81. The van der Waals surface area contributed by atoms with Crippen LogP contribution in [0.5, 0.6) is 5.75 Å². The average molecular weight is 249 g/mol. The molecule has 1 rings (SSSR count). The summed E-state index contributed by atoms with van der Waals surface area (Å²) in [4.78, 5) is 0. The number of benzene rings is 1. The van der Waals surface area contributed by atoms with Crippen LogP contribution in [0.15, 0.2) is 18.2 Å². The van der Waals surface area contributed by atoms with Crippen LogP contribution in [0.25, 0.3) is 0 Å². The molecule has 0 aromatic heterocycles. The van der Waals surface area contributed by atoms with Gasteiger partial charge in [0.15, 0.2) is 0 Å². The summed E-state index contributed by atoms with van der Waals surface area (Å²) in [6, 6.07) is 6.92. The van der Waals surface area contributed by atoms with Gasteiger partial charge in [-0.1, -0.05) is 39.8 Å². The van der Waals surface area contributed by atoms with Gasteiger partial charge in [-0.2, -0.15) is 0 Å². The summed E-state index contributed by atoms with van der Waals surface area (Å²) >= 11 is 0. The monoisotopic (exact) mass is 249 g/mol. The lowest BCUT2D eigenvalue weighted by atomic mass is 9.85. The number of likely N-dealkylation sites (N-methyl/N-ethyl adjacent to an activating group) is 1. The Balaban J connectivity index is 2.96. The second-order valence-electron chi connectivity index (χ2n) is 5.93. The SMILES string of the molecule is CCc1ccc(OCC(C)NC)c(C(C)(C)C)c1. The van der Waals surface area contributed by atoms with E-state index in [0.717, 1.165) is 12.2 Å². The van der Waals surface area contributed by atoms with Gasteiger partial charge in [0, 0.05) is 6.04 Å². The zero-order valence-electron chi connectivity index (χ0n) is 12.6. The van der Waals surface area contributed by atoms with E-state index in [9.17, 15) is 0 Å². The predicted octanol–water partition coefficient (Wildman–Crippen LogP) is 3.53. The second kappa shape index (κ2) is 6.24. The zero-order chi connectivity index (χ0) is 13.8. The maximum Gasteiger partial charge on any atom is 0.123 e. The van der Waals surface area contributed by atoms with E-state index in [1.807, 2.05) is 7.05 Å². The Morgan fingerprint density at radius 1 is 1.28 bits per heavy atom. The molecule has 0 amide bonds. The van der Waals surface area contributed by atoms with Crippen molar-refractivity contribution in [1.29, 1.82) is 0 Å². The van der Waals surface area contributed by atoms with E-state index in [2.05, 4.69) is 58.1 Å². The fraction of sp³-hybridized carbons (Fsp3) is 0.625. The Hall–Kier alpha value is -1.02. The molecule has 0 saturated heterocycles. The minimum atomic E-state index is 0.114. The second-order valence-corrected chi connectivity index (χ2v) is 5.93. The molecule has 0 heterocycles. The molecule has 1 aromatic carbocycles. The van der Waals surface area contributed by atoms with Gasteiger partial charge >= 0.3 is 0 Å². The van der Waals surface area contributed by atoms with Crippen LogP contribution in [0.1, 0.15) is 45.7 Å². The van der Waals surface area contributed by atoms with Crippen molar-refractivity contribution < 1.29 is 4.74 Å². The third-order valence-electron chi connectivity index (χ3n) is 3.24. The van der Waals surface area contributed by atoms with Gasteiger partial charge in [-0.05, 0) is 43.0 Å². The molecule has 0 aliphatic heterocycles. The van der Waals surface area contributed by atoms with Crippen molar-refractivity contribution in [3.8, 4) is 5.75 Å². The largest absolute Gasteiger partial charge is 0.492 e.